The highest BCUT2D eigenvalue weighted by molar-refractivity contribution is 5.95. The van der Waals surface area contributed by atoms with Crippen molar-refractivity contribution in [3.05, 3.63) is 36.5 Å². The number of nitrogens with zero attached hydrogens (tertiary/aromatic N) is 2. The molecule has 2 aliphatic rings. The molecule has 4 rings (SSSR count). The van der Waals surface area contributed by atoms with Crippen LogP contribution in [0.5, 0.6) is 5.75 Å². The number of amides is 6. The molecule has 1 saturated carbocycles. The highest BCUT2D eigenvalue weighted by Crippen LogP contribution is 2.23. The third kappa shape index (κ3) is 13.8. The molecule has 0 radical (unpaired) electrons. The van der Waals surface area contributed by atoms with Crippen molar-refractivity contribution in [2.45, 2.75) is 121 Å². The van der Waals surface area contributed by atoms with Gasteiger partial charge in [0.2, 0.25) is 23.6 Å². The van der Waals surface area contributed by atoms with Crippen molar-refractivity contribution in [3.63, 3.8) is 0 Å². The summed E-state index contributed by atoms with van der Waals surface area (Å²) in [6, 6.07) is 5.30. The van der Waals surface area contributed by atoms with E-state index in [1.54, 1.807) is 38.2 Å². The lowest BCUT2D eigenvalue weighted by Gasteiger charge is -2.30. The number of aliphatic hydroxyl groups excluding tert-OH is 1. The molecule has 0 spiro atoms. The van der Waals surface area contributed by atoms with Gasteiger partial charge in [0.1, 0.15) is 36.0 Å². The summed E-state index contributed by atoms with van der Waals surface area (Å²) >= 11 is 0. The summed E-state index contributed by atoms with van der Waals surface area (Å²) in [5, 5.41) is 24.7. The van der Waals surface area contributed by atoms with Crippen molar-refractivity contribution < 1.29 is 43.3 Å². The molecule has 0 unspecified atom stereocenters. The molecular formula is C40H60N8O9. The van der Waals surface area contributed by atoms with E-state index in [4.69, 9.17) is 15.2 Å². The number of hydrogen-bond acceptors (Lipinski definition) is 11. The largest absolute Gasteiger partial charge is 0.481 e. The van der Waals surface area contributed by atoms with E-state index in [0.29, 0.717) is 50.0 Å². The molecule has 2 heterocycles. The molecule has 2 fully saturated rings. The number of carbonyl (C=O) groups excluding carboxylic acids is 6. The van der Waals surface area contributed by atoms with Crippen LogP contribution in [0.2, 0.25) is 0 Å². The van der Waals surface area contributed by atoms with Crippen LogP contribution in [0.25, 0.3) is 10.9 Å². The molecule has 1 aromatic heterocycles. The first-order valence-corrected chi connectivity index (χ1v) is 20.1. The van der Waals surface area contributed by atoms with Crippen LogP contribution in [0.15, 0.2) is 36.5 Å². The first-order valence-electron chi connectivity index (χ1n) is 20.1. The maximum atomic E-state index is 13.6. The van der Waals surface area contributed by atoms with Gasteiger partial charge in [-0.2, -0.15) is 0 Å². The minimum absolute atomic E-state index is 0.0166. The molecule has 314 valence electrons. The Bertz CT molecular complexity index is 1660. The van der Waals surface area contributed by atoms with E-state index < -0.39 is 78.4 Å². The van der Waals surface area contributed by atoms with Crippen LogP contribution in [0.1, 0.15) is 85.0 Å². The van der Waals surface area contributed by atoms with Gasteiger partial charge in [0, 0.05) is 24.2 Å². The average Bonchev–Trinajstić information content (AvgIpc) is 3.67. The van der Waals surface area contributed by atoms with Crippen molar-refractivity contribution in [1.82, 2.24) is 36.5 Å². The Morgan fingerprint density at radius 3 is 2.37 bits per heavy atom. The molecule has 6 amide bonds. The monoisotopic (exact) mass is 796 g/mol. The number of nitrogens with two attached hydrogens (primary N) is 1. The number of unbranched alkanes of at least 4 members (excludes halogenated alkanes) is 1. The molecule has 1 aliphatic heterocycles. The number of ether oxygens (including phenoxy) is 2. The highest BCUT2D eigenvalue weighted by Gasteiger charge is 2.37. The SMILES string of the molecule is CC(C)[C@H](NC(=O)[C@H](CCCCN)NC(=O)COc1cccc2cccnc12)C(=O)NCC(=O)N[C@H](C(=O)N1CCC[C@H]1COC(=O)NC1CCCCC1)[C@@H](C)O. The summed E-state index contributed by atoms with van der Waals surface area (Å²) in [5.74, 6) is -3.06. The van der Waals surface area contributed by atoms with Crippen LogP contribution in [-0.4, -0.2) is 120 Å². The number of pyridine rings is 1. The predicted octanol–water partition coefficient (Wildman–Crippen LogP) is 1.40. The minimum atomic E-state index is -1.31. The Labute approximate surface area is 333 Å². The predicted molar refractivity (Wildman–Crippen MR) is 212 cm³/mol. The number of hydrogen-bond donors (Lipinski definition) is 7. The summed E-state index contributed by atoms with van der Waals surface area (Å²) in [4.78, 5) is 84.7. The van der Waals surface area contributed by atoms with Gasteiger partial charge in [0.05, 0.1) is 18.7 Å². The van der Waals surface area contributed by atoms with E-state index in [0.717, 1.165) is 37.5 Å². The molecule has 1 aliphatic carbocycles. The zero-order valence-corrected chi connectivity index (χ0v) is 33.3. The van der Waals surface area contributed by atoms with Gasteiger partial charge >= 0.3 is 6.09 Å². The first-order chi connectivity index (χ1) is 27.4. The van der Waals surface area contributed by atoms with Crippen LogP contribution in [0, 0.1) is 5.92 Å². The van der Waals surface area contributed by atoms with Crippen molar-refractivity contribution in [2.75, 3.05) is 32.8 Å². The molecule has 1 aromatic carbocycles. The topological polar surface area (TPSA) is 243 Å². The number of alkyl carbamates (subject to hydrolysis) is 1. The second kappa shape index (κ2) is 22.6. The van der Waals surface area contributed by atoms with Crippen LogP contribution >= 0.6 is 0 Å². The van der Waals surface area contributed by atoms with Crippen molar-refractivity contribution in [2.24, 2.45) is 11.7 Å². The number of carbonyl (C=O) groups is 6. The van der Waals surface area contributed by atoms with Crippen LogP contribution in [0.3, 0.4) is 0 Å². The van der Waals surface area contributed by atoms with Crippen LogP contribution in [0.4, 0.5) is 4.79 Å². The molecule has 17 heteroatoms. The number of fused-ring (bicyclic) bond motifs is 1. The second-order valence-electron chi connectivity index (χ2n) is 15.2. The van der Waals surface area contributed by atoms with Gasteiger partial charge in [-0.25, -0.2) is 4.79 Å². The number of benzene rings is 1. The van der Waals surface area contributed by atoms with Crippen LogP contribution in [-0.2, 0) is 28.7 Å². The smallest absolute Gasteiger partial charge is 0.407 e. The summed E-state index contributed by atoms with van der Waals surface area (Å²) < 4.78 is 11.2. The highest BCUT2D eigenvalue weighted by atomic mass is 16.5. The van der Waals surface area contributed by atoms with Gasteiger partial charge in [-0.05, 0) is 76.5 Å². The Balaban J connectivity index is 1.28. The Kier molecular flexibility index (Phi) is 17.8. The quantitative estimate of drug-likeness (QED) is 0.0945. The van der Waals surface area contributed by atoms with E-state index in [1.165, 1.54) is 11.8 Å². The number of aromatic nitrogens is 1. The molecule has 17 nitrogen and oxygen atoms in total. The average molecular weight is 797 g/mol. The summed E-state index contributed by atoms with van der Waals surface area (Å²) in [6.07, 6.45) is 7.57. The molecule has 2 aromatic rings. The van der Waals surface area contributed by atoms with Gasteiger partial charge in [-0.3, -0.25) is 29.0 Å². The third-order valence-corrected chi connectivity index (χ3v) is 10.3. The Hall–Kier alpha value is -5.03. The standard InChI is InChI=1S/C40H60N8O9/c1-25(2)34(47-37(52)30(17-7-8-19-41)45-33(51)24-56-31-18-9-12-27-13-10-20-42-36(27)31)38(53)43-22-32(50)46-35(26(3)49)39(54)48-21-11-16-29(48)23-57-40(55)44-28-14-5-4-6-15-28/h9-10,12-13,18,20,25-26,28-30,34-35,49H,4-8,11,14-17,19,21-24,41H2,1-3H3,(H,43,53)(H,44,55)(H,45,51)(H,46,50)(H,47,52)/t26-,29+,30+,34+,35+/m1/s1. The molecule has 5 atom stereocenters. The zero-order valence-electron chi connectivity index (χ0n) is 33.3. The molecule has 0 bridgehead atoms. The lowest BCUT2D eigenvalue weighted by Crippen LogP contribution is -2.58. The van der Waals surface area contributed by atoms with Gasteiger partial charge in [0.15, 0.2) is 6.61 Å². The van der Waals surface area contributed by atoms with Crippen molar-refractivity contribution >= 4 is 46.5 Å². The van der Waals surface area contributed by atoms with Crippen molar-refractivity contribution in [1.29, 1.82) is 0 Å². The lowest BCUT2D eigenvalue weighted by atomic mass is 9.96. The van der Waals surface area contributed by atoms with E-state index in [-0.39, 0.29) is 25.7 Å². The van der Waals surface area contributed by atoms with Gasteiger partial charge in [-0.1, -0.05) is 51.3 Å². The van der Waals surface area contributed by atoms with Gasteiger partial charge in [0.25, 0.3) is 5.91 Å². The summed E-state index contributed by atoms with van der Waals surface area (Å²) in [5.41, 5.74) is 6.26. The van der Waals surface area contributed by atoms with E-state index in [2.05, 4.69) is 31.6 Å². The van der Waals surface area contributed by atoms with E-state index in [9.17, 15) is 33.9 Å². The zero-order chi connectivity index (χ0) is 41.3. The third-order valence-electron chi connectivity index (χ3n) is 10.3. The molecule has 8 N–H and O–H groups in total. The fourth-order valence-electron chi connectivity index (χ4n) is 7.12. The van der Waals surface area contributed by atoms with E-state index >= 15 is 0 Å². The number of nitrogens with one attached hydrogen (secondary N) is 5. The van der Waals surface area contributed by atoms with Crippen LogP contribution < -0.4 is 37.1 Å². The van der Waals surface area contributed by atoms with E-state index in [1.807, 2.05) is 12.1 Å². The number of rotatable bonds is 20. The molecule has 1 saturated heterocycles. The number of aliphatic hydroxyl groups is 1. The summed E-state index contributed by atoms with van der Waals surface area (Å²) in [6.45, 7) is 4.64. The lowest BCUT2D eigenvalue weighted by molar-refractivity contribution is -0.140. The first kappa shape index (κ1) is 44.7. The second-order valence-corrected chi connectivity index (χ2v) is 15.2. The van der Waals surface area contributed by atoms with Gasteiger partial charge < -0.3 is 51.8 Å². The van der Waals surface area contributed by atoms with Gasteiger partial charge in [-0.15, -0.1) is 0 Å². The minimum Gasteiger partial charge on any atom is -0.481 e. The fourth-order valence-corrected chi connectivity index (χ4v) is 7.12. The Morgan fingerprint density at radius 2 is 1.65 bits per heavy atom. The maximum absolute atomic E-state index is 13.6. The Morgan fingerprint density at radius 1 is 0.895 bits per heavy atom. The maximum Gasteiger partial charge on any atom is 0.407 e. The number of likely N-dealkylation sites (tertiary alicyclic amines) is 1. The van der Waals surface area contributed by atoms with Crippen molar-refractivity contribution in [3.8, 4) is 5.75 Å². The fraction of sp³-hybridized carbons (Fsp3) is 0.625. The normalized spacial score (nSPS) is 17.9. The number of para-hydroxylation sites is 1. The molecule has 57 heavy (non-hydrogen) atoms. The molecular weight excluding hydrogens is 736 g/mol. The summed E-state index contributed by atoms with van der Waals surface area (Å²) in [7, 11) is 0.